The Balaban J connectivity index is 1.63. The Kier molecular flexibility index (Phi) is 5.77. The fourth-order valence-corrected chi connectivity index (χ4v) is 3.02. The highest BCUT2D eigenvalue weighted by molar-refractivity contribution is 5.94. The average Bonchev–Trinajstić information content (AvgIpc) is 2.68. The molecule has 1 aliphatic rings. The molecule has 3 rings (SSSR count). The summed E-state index contributed by atoms with van der Waals surface area (Å²) in [5.41, 5.74) is 0.294. The predicted octanol–water partition coefficient (Wildman–Crippen LogP) is 4.18. The zero-order valence-electron chi connectivity index (χ0n) is 14.0. The summed E-state index contributed by atoms with van der Waals surface area (Å²) in [6.07, 6.45) is 8.34. The molecule has 1 aromatic heterocycles. The van der Waals surface area contributed by atoms with Crippen LogP contribution in [-0.4, -0.2) is 23.3 Å². The number of ketones is 1. The summed E-state index contributed by atoms with van der Waals surface area (Å²) >= 11 is 0. The Labute approximate surface area is 147 Å². The first-order chi connectivity index (χ1) is 12.2. The van der Waals surface area contributed by atoms with Crippen LogP contribution in [0.2, 0.25) is 0 Å². The minimum atomic E-state index is -0.552. The van der Waals surface area contributed by atoms with Crippen molar-refractivity contribution in [1.82, 2.24) is 4.98 Å². The van der Waals surface area contributed by atoms with Gasteiger partial charge in [-0.1, -0.05) is 31.4 Å². The third-order valence-electron chi connectivity index (χ3n) is 4.38. The Morgan fingerprint density at radius 1 is 1.04 bits per heavy atom. The molecule has 25 heavy (non-hydrogen) atoms. The van der Waals surface area contributed by atoms with Crippen LogP contribution in [0.4, 0.5) is 0 Å². The van der Waals surface area contributed by atoms with Gasteiger partial charge in [0.2, 0.25) is 0 Å². The molecule has 0 N–H and O–H groups in total. The highest BCUT2D eigenvalue weighted by Gasteiger charge is 2.23. The number of rotatable bonds is 6. The molecular weight excluding hydrogens is 318 g/mol. The third kappa shape index (κ3) is 4.66. The van der Waals surface area contributed by atoms with E-state index in [0.717, 1.165) is 25.7 Å². The van der Waals surface area contributed by atoms with Crippen LogP contribution in [0.15, 0.2) is 48.8 Å². The van der Waals surface area contributed by atoms with E-state index < -0.39 is 5.97 Å². The van der Waals surface area contributed by atoms with Crippen molar-refractivity contribution in [3.8, 4) is 11.5 Å². The minimum Gasteiger partial charge on any atom is -0.455 e. The summed E-state index contributed by atoms with van der Waals surface area (Å²) in [6, 6.07) is 10.3. The number of pyridine rings is 1. The second-order valence-electron chi connectivity index (χ2n) is 6.16. The zero-order chi connectivity index (χ0) is 17.5. The maximum absolute atomic E-state index is 12.4. The first kappa shape index (κ1) is 17.1. The highest BCUT2D eigenvalue weighted by Crippen LogP contribution is 2.26. The summed E-state index contributed by atoms with van der Waals surface area (Å²) < 4.78 is 10.9. The molecule has 5 heteroatoms. The van der Waals surface area contributed by atoms with Gasteiger partial charge in [-0.3, -0.25) is 9.78 Å². The molecule has 2 aromatic rings. The number of ether oxygens (including phenoxy) is 2. The van der Waals surface area contributed by atoms with Gasteiger partial charge in [0, 0.05) is 12.1 Å². The van der Waals surface area contributed by atoms with Crippen molar-refractivity contribution in [2.24, 2.45) is 5.92 Å². The van der Waals surface area contributed by atoms with Crippen LogP contribution >= 0.6 is 0 Å². The van der Waals surface area contributed by atoms with E-state index in [1.807, 2.05) is 0 Å². The lowest BCUT2D eigenvalue weighted by Gasteiger charge is -2.20. The van der Waals surface area contributed by atoms with Gasteiger partial charge in [0.25, 0.3) is 0 Å². The van der Waals surface area contributed by atoms with Gasteiger partial charge in [0.05, 0.1) is 6.20 Å². The fourth-order valence-electron chi connectivity index (χ4n) is 3.02. The molecule has 1 saturated carbocycles. The number of esters is 1. The second-order valence-corrected chi connectivity index (χ2v) is 6.16. The number of carbonyl (C=O) groups excluding carboxylic acids is 2. The summed E-state index contributed by atoms with van der Waals surface area (Å²) in [4.78, 5) is 28.5. The molecule has 1 fully saturated rings. The number of aromatic nitrogens is 1. The van der Waals surface area contributed by atoms with Crippen LogP contribution in [0.1, 0.15) is 42.5 Å². The first-order valence-electron chi connectivity index (χ1n) is 8.61. The van der Waals surface area contributed by atoms with E-state index in [1.165, 1.54) is 6.42 Å². The largest absolute Gasteiger partial charge is 0.455 e. The van der Waals surface area contributed by atoms with Crippen molar-refractivity contribution in [3.05, 3.63) is 54.4 Å². The number of hydrogen-bond donors (Lipinski definition) is 0. The molecule has 0 bridgehead atoms. The van der Waals surface area contributed by atoms with E-state index in [2.05, 4.69) is 4.98 Å². The maximum atomic E-state index is 12.4. The predicted molar refractivity (Wildman–Crippen MR) is 92.6 cm³/mol. The summed E-state index contributed by atoms with van der Waals surface area (Å²) in [5, 5.41) is 0. The number of para-hydroxylation sites is 1. The van der Waals surface area contributed by atoms with Crippen LogP contribution in [0.5, 0.6) is 11.5 Å². The first-order valence-corrected chi connectivity index (χ1v) is 8.61. The quantitative estimate of drug-likeness (QED) is 0.739. The van der Waals surface area contributed by atoms with Gasteiger partial charge in [-0.05, 0) is 37.1 Å². The molecule has 5 nitrogen and oxygen atoms in total. The smallest absolute Gasteiger partial charge is 0.342 e. The van der Waals surface area contributed by atoms with Gasteiger partial charge in [-0.25, -0.2) is 4.79 Å². The van der Waals surface area contributed by atoms with Crippen molar-refractivity contribution in [1.29, 1.82) is 0 Å². The van der Waals surface area contributed by atoms with Crippen LogP contribution in [-0.2, 0) is 9.53 Å². The Morgan fingerprint density at radius 3 is 2.60 bits per heavy atom. The normalized spacial score (nSPS) is 14.7. The van der Waals surface area contributed by atoms with E-state index in [9.17, 15) is 9.59 Å². The van der Waals surface area contributed by atoms with Gasteiger partial charge >= 0.3 is 5.97 Å². The van der Waals surface area contributed by atoms with E-state index in [4.69, 9.17) is 9.47 Å². The molecule has 1 aromatic carbocycles. The lowest BCUT2D eigenvalue weighted by atomic mass is 9.86. The van der Waals surface area contributed by atoms with Gasteiger partial charge < -0.3 is 9.47 Å². The second kappa shape index (κ2) is 8.42. The number of benzene rings is 1. The monoisotopic (exact) mass is 339 g/mol. The molecule has 130 valence electrons. The van der Waals surface area contributed by atoms with Crippen molar-refractivity contribution in [2.45, 2.75) is 32.1 Å². The standard InChI is InChI=1S/C20H21NO4/c22-18(15-7-2-1-3-8-15)14-24-20(23)17-10-4-5-11-19(17)25-16-9-6-12-21-13-16/h4-6,9-13,15H,1-3,7-8,14H2. The minimum absolute atomic E-state index is 0.0127. The fraction of sp³-hybridized carbons (Fsp3) is 0.350. The summed E-state index contributed by atoms with van der Waals surface area (Å²) in [7, 11) is 0. The van der Waals surface area contributed by atoms with Gasteiger partial charge in [0.15, 0.2) is 12.4 Å². The Bertz CT molecular complexity index is 723. The molecular formula is C20H21NO4. The van der Waals surface area contributed by atoms with E-state index in [1.54, 1.807) is 48.8 Å². The van der Waals surface area contributed by atoms with Gasteiger partial charge in [-0.2, -0.15) is 0 Å². The van der Waals surface area contributed by atoms with Crippen molar-refractivity contribution < 1.29 is 19.1 Å². The molecule has 0 unspecified atom stereocenters. The molecule has 0 radical (unpaired) electrons. The van der Waals surface area contributed by atoms with E-state index in [0.29, 0.717) is 17.1 Å². The average molecular weight is 339 g/mol. The molecule has 0 aliphatic heterocycles. The van der Waals surface area contributed by atoms with Crippen molar-refractivity contribution in [3.63, 3.8) is 0 Å². The molecule has 1 aliphatic carbocycles. The Hall–Kier alpha value is -2.69. The van der Waals surface area contributed by atoms with Crippen LogP contribution in [0.3, 0.4) is 0 Å². The van der Waals surface area contributed by atoms with E-state index in [-0.39, 0.29) is 18.3 Å². The molecule has 1 heterocycles. The zero-order valence-corrected chi connectivity index (χ0v) is 14.0. The van der Waals surface area contributed by atoms with Gasteiger partial charge in [-0.15, -0.1) is 0 Å². The molecule has 0 amide bonds. The van der Waals surface area contributed by atoms with Crippen LogP contribution in [0, 0.1) is 5.92 Å². The lowest BCUT2D eigenvalue weighted by Crippen LogP contribution is -2.24. The number of carbonyl (C=O) groups is 2. The highest BCUT2D eigenvalue weighted by atomic mass is 16.5. The van der Waals surface area contributed by atoms with Crippen molar-refractivity contribution in [2.75, 3.05) is 6.61 Å². The molecule has 0 atom stereocenters. The number of Topliss-reactive ketones (excluding diaryl/α,β-unsaturated/α-hetero) is 1. The topological polar surface area (TPSA) is 65.5 Å². The SMILES string of the molecule is O=C(OCC(=O)C1CCCCC1)c1ccccc1Oc1cccnc1. The third-order valence-corrected chi connectivity index (χ3v) is 4.38. The Morgan fingerprint density at radius 2 is 1.84 bits per heavy atom. The summed E-state index contributed by atoms with van der Waals surface area (Å²) in [6.45, 7) is -0.176. The maximum Gasteiger partial charge on any atom is 0.342 e. The van der Waals surface area contributed by atoms with E-state index >= 15 is 0 Å². The number of hydrogen-bond acceptors (Lipinski definition) is 5. The summed E-state index contributed by atoms with van der Waals surface area (Å²) in [5.74, 6) is 0.400. The molecule has 0 saturated heterocycles. The van der Waals surface area contributed by atoms with Crippen LogP contribution in [0.25, 0.3) is 0 Å². The lowest BCUT2D eigenvalue weighted by molar-refractivity contribution is -0.126. The molecule has 0 spiro atoms. The number of nitrogens with zero attached hydrogens (tertiary/aromatic N) is 1. The van der Waals surface area contributed by atoms with Crippen molar-refractivity contribution >= 4 is 11.8 Å². The van der Waals surface area contributed by atoms with Crippen LogP contribution < -0.4 is 4.74 Å². The van der Waals surface area contributed by atoms with Gasteiger partial charge in [0.1, 0.15) is 17.1 Å².